The summed E-state index contributed by atoms with van der Waals surface area (Å²) in [7, 11) is 0. The van der Waals surface area contributed by atoms with Crippen molar-refractivity contribution in [3.8, 4) is 11.5 Å². The number of hydrogen-bond acceptors (Lipinski definition) is 3. The van der Waals surface area contributed by atoms with Gasteiger partial charge in [0.15, 0.2) is 0 Å². The van der Waals surface area contributed by atoms with Crippen molar-refractivity contribution in [2.45, 2.75) is 4.90 Å². The molecule has 0 amide bonds. The number of hydrogen-bond donors (Lipinski definition) is 1. The first kappa shape index (κ1) is 15.8. The molecule has 2 aromatic rings. The quantitative estimate of drug-likeness (QED) is 0.520. The van der Waals surface area contributed by atoms with Gasteiger partial charge in [-0.25, -0.2) is 0 Å². The lowest BCUT2D eigenvalue weighted by Crippen LogP contribution is -2.12. The Labute approximate surface area is 144 Å². The second-order valence-corrected chi connectivity index (χ2v) is 6.93. The van der Waals surface area contributed by atoms with E-state index in [2.05, 4.69) is 31.9 Å². The Morgan fingerprint density at radius 2 is 1.95 bits per heavy atom. The fourth-order valence-corrected chi connectivity index (χ4v) is 3.72. The normalized spacial score (nSPS) is 10.3. The SMILES string of the molecule is CSc1cccc(Oc2ccc(Br)cc2Br)c1C(N)=S. The highest BCUT2D eigenvalue weighted by atomic mass is 79.9. The Hall–Kier alpha value is -0.560. The fraction of sp³-hybridized carbons (Fsp3) is 0.0714. The third kappa shape index (κ3) is 3.55. The summed E-state index contributed by atoms with van der Waals surface area (Å²) in [6.45, 7) is 0. The van der Waals surface area contributed by atoms with E-state index < -0.39 is 0 Å². The Morgan fingerprint density at radius 3 is 2.55 bits per heavy atom. The van der Waals surface area contributed by atoms with Gasteiger partial charge in [0.2, 0.25) is 0 Å². The molecule has 0 saturated heterocycles. The summed E-state index contributed by atoms with van der Waals surface area (Å²) in [5, 5.41) is 0. The van der Waals surface area contributed by atoms with Gasteiger partial charge in [-0.3, -0.25) is 0 Å². The summed E-state index contributed by atoms with van der Waals surface area (Å²) in [4.78, 5) is 1.33. The molecule has 0 aliphatic heterocycles. The highest BCUT2D eigenvalue weighted by Crippen LogP contribution is 2.36. The van der Waals surface area contributed by atoms with Gasteiger partial charge in [-0.05, 0) is 52.5 Å². The second-order valence-electron chi connectivity index (χ2n) is 3.87. The zero-order valence-corrected chi connectivity index (χ0v) is 15.3. The van der Waals surface area contributed by atoms with Gasteiger partial charge in [-0.1, -0.05) is 34.2 Å². The van der Waals surface area contributed by atoms with E-state index in [1.54, 1.807) is 11.8 Å². The molecule has 0 heterocycles. The molecule has 0 aliphatic carbocycles. The van der Waals surface area contributed by atoms with Crippen molar-refractivity contribution in [1.82, 2.24) is 0 Å². The van der Waals surface area contributed by atoms with Crippen LogP contribution in [-0.4, -0.2) is 11.2 Å². The van der Waals surface area contributed by atoms with Crippen molar-refractivity contribution in [2.24, 2.45) is 5.73 Å². The molecule has 0 atom stereocenters. The number of benzene rings is 2. The molecule has 104 valence electrons. The van der Waals surface area contributed by atoms with E-state index in [0.29, 0.717) is 16.5 Å². The number of thioether (sulfide) groups is 1. The summed E-state index contributed by atoms with van der Waals surface area (Å²) in [6, 6.07) is 11.5. The van der Waals surface area contributed by atoms with Crippen molar-refractivity contribution in [3.05, 3.63) is 50.9 Å². The van der Waals surface area contributed by atoms with Crippen LogP contribution in [0.25, 0.3) is 0 Å². The van der Waals surface area contributed by atoms with Crippen LogP contribution in [0.4, 0.5) is 0 Å². The van der Waals surface area contributed by atoms with Gasteiger partial charge < -0.3 is 10.5 Å². The lowest BCUT2D eigenvalue weighted by Gasteiger charge is -2.14. The van der Waals surface area contributed by atoms with Gasteiger partial charge in [0, 0.05) is 9.37 Å². The molecule has 0 radical (unpaired) electrons. The minimum absolute atomic E-state index is 0.332. The van der Waals surface area contributed by atoms with Crippen LogP contribution in [-0.2, 0) is 0 Å². The Balaban J connectivity index is 2.45. The standard InChI is InChI=1S/C14H11Br2NOS2/c1-20-12-4-2-3-11(13(12)14(17)19)18-10-6-5-8(15)7-9(10)16/h2-7H,1H3,(H2,17,19). The summed E-state index contributed by atoms with van der Waals surface area (Å²) >= 11 is 13.6. The molecule has 0 bridgehead atoms. The third-order valence-corrected chi connectivity index (χ3v) is 4.67. The van der Waals surface area contributed by atoms with Gasteiger partial charge in [0.1, 0.15) is 16.5 Å². The van der Waals surface area contributed by atoms with E-state index in [1.165, 1.54) is 0 Å². The molecule has 0 aromatic heterocycles. The van der Waals surface area contributed by atoms with Crippen molar-refractivity contribution in [1.29, 1.82) is 0 Å². The molecule has 20 heavy (non-hydrogen) atoms. The highest BCUT2D eigenvalue weighted by molar-refractivity contribution is 9.11. The van der Waals surface area contributed by atoms with Crippen molar-refractivity contribution in [3.63, 3.8) is 0 Å². The third-order valence-electron chi connectivity index (χ3n) is 2.57. The lowest BCUT2D eigenvalue weighted by atomic mass is 10.2. The first-order valence-electron chi connectivity index (χ1n) is 5.62. The second kappa shape index (κ2) is 6.93. The van der Waals surface area contributed by atoms with E-state index in [4.69, 9.17) is 22.7 Å². The maximum Gasteiger partial charge on any atom is 0.141 e. The van der Waals surface area contributed by atoms with E-state index in [1.807, 2.05) is 42.7 Å². The number of thiocarbonyl (C=S) groups is 1. The summed E-state index contributed by atoms with van der Waals surface area (Å²) in [5.41, 5.74) is 6.59. The molecule has 2 aromatic carbocycles. The molecule has 2 N–H and O–H groups in total. The topological polar surface area (TPSA) is 35.2 Å². The Bertz CT molecular complexity index is 662. The van der Waals surface area contributed by atoms with Gasteiger partial charge in [0.25, 0.3) is 0 Å². The number of nitrogens with two attached hydrogens (primary N) is 1. The monoisotopic (exact) mass is 431 g/mol. The maximum absolute atomic E-state index is 5.95. The molecule has 0 aliphatic rings. The van der Waals surface area contributed by atoms with Crippen LogP contribution in [0.5, 0.6) is 11.5 Å². The predicted octanol–water partition coefficient (Wildman–Crippen LogP) is 5.36. The molecule has 0 unspecified atom stereocenters. The van der Waals surface area contributed by atoms with Gasteiger partial charge in [-0.2, -0.15) is 0 Å². The summed E-state index contributed by atoms with van der Waals surface area (Å²) in [6.07, 6.45) is 1.98. The summed E-state index contributed by atoms with van der Waals surface area (Å²) in [5.74, 6) is 1.37. The first-order valence-corrected chi connectivity index (χ1v) is 8.84. The molecule has 0 saturated carbocycles. The Morgan fingerprint density at radius 1 is 1.20 bits per heavy atom. The largest absolute Gasteiger partial charge is 0.455 e. The van der Waals surface area contributed by atoms with Crippen molar-refractivity contribution in [2.75, 3.05) is 6.26 Å². The van der Waals surface area contributed by atoms with Crippen LogP contribution < -0.4 is 10.5 Å². The van der Waals surface area contributed by atoms with E-state index in [-0.39, 0.29) is 0 Å². The van der Waals surface area contributed by atoms with Crippen LogP contribution >= 0.6 is 55.8 Å². The van der Waals surface area contributed by atoms with Crippen LogP contribution in [0.3, 0.4) is 0 Å². The van der Waals surface area contributed by atoms with Gasteiger partial charge in [-0.15, -0.1) is 11.8 Å². The van der Waals surface area contributed by atoms with Crippen LogP contribution in [0.15, 0.2) is 50.2 Å². The lowest BCUT2D eigenvalue weighted by molar-refractivity contribution is 0.477. The Kier molecular flexibility index (Phi) is 5.49. The minimum Gasteiger partial charge on any atom is -0.455 e. The van der Waals surface area contributed by atoms with Crippen LogP contribution in [0.1, 0.15) is 5.56 Å². The molecule has 2 nitrogen and oxygen atoms in total. The molecule has 6 heteroatoms. The van der Waals surface area contributed by atoms with E-state index >= 15 is 0 Å². The number of halogens is 2. The van der Waals surface area contributed by atoms with Crippen LogP contribution in [0, 0.1) is 0 Å². The number of rotatable bonds is 4. The van der Waals surface area contributed by atoms with Crippen molar-refractivity contribution >= 4 is 60.8 Å². The average Bonchev–Trinajstić information content (AvgIpc) is 2.41. The first-order chi connectivity index (χ1) is 9.52. The zero-order chi connectivity index (χ0) is 14.7. The molecule has 0 fully saturated rings. The number of ether oxygens (including phenoxy) is 1. The maximum atomic E-state index is 5.95. The highest BCUT2D eigenvalue weighted by Gasteiger charge is 2.13. The average molecular weight is 433 g/mol. The van der Waals surface area contributed by atoms with Gasteiger partial charge in [0.05, 0.1) is 10.0 Å². The fourth-order valence-electron chi connectivity index (χ4n) is 1.69. The van der Waals surface area contributed by atoms with Crippen molar-refractivity contribution < 1.29 is 4.74 Å². The molecule has 0 spiro atoms. The van der Waals surface area contributed by atoms with E-state index in [9.17, 15) is 0 Å². The zero-order valence-electron chi connectivity index (χ0n) is 10.5. The summed E-state index contributed by atoms with van der Waals surface area (Å²) < 4.78 is 7.78. The van der Waals surface area contributed by atoms with Crippen LogP contribution in [0.2, 0.25) is 0 Å². The smallest absolute Gasteiger partial charge is 0.141 e. The molecular weight excluding hydrogens is 422 g/mol. The molecular formula is C14H11Br2NOS2. The minimum atomic E-state index is 0.332. The predicted molar refractivity (Wildman–Crippen MR) is 96.0 cm³/mol. The van der Waals surface area contributed by atoms with Gasteiger partial charge >= 0.3 is 0 Å². The van der Waals surface area contributed by atoms with E-state index in [0.717, 1.165) is 19.4 Å². The molecule has 2 rings (SSSR count).